The molecule has 0 aliphatic heterocycles. The second-order valence-electron chi connectivity index (χ2n) is 4.36. The summed E-state index contributed by atoms with van der Waals surface area (Å²) in [6, 6.07) is 6.66. The molecule has 0 saturated heterocycles. The molecule has 0 aliphatic carbocycles. The number of thiophene rings is 1. The van der Waals surface area contributed by atoms with Gasteiger partial charge in [-0.05, 0) is 29.5 Å². The van der Waals surface area contributed by atoms with Crippen molar-refractivity contribution in [3.63, 3.8) is 0 Å². The number of alkyl halides is 3. The predicted octanol–water partition coefficient (Wildman–Crippen LogP) is 4.02. The average Bonchev–Trinajstić information content (AvgIpc) is 2.86. The molecule has 2 aromatic rings. The quantitative estimate of drug-likeness (QED) is 0.925. The van der Waals surface area contributed by atoms with Gasteiger partial charge in [-0.3, -0.25) is 0 Å². The van der Waals surface area contributed by atoms with Crippen LogP contribution in [0.25, 0.3) is 0 Å². The molecule has 108 valence electrons. The zero-order valence-electron chi connectivity index (χ0n) is 10.8. The zero-order valence-corrected chi connectivity index (χ0v) is 11.6. The van der Waals surface area contributed by atoms with Gasteiger partial charge in [0.2, 0.25) is 0 Å². The number of methoxy groups -OCH3 is 1. The van der Waals surface area contributed by atoms with Crippen LogP contribution in [0.4, 0.5) is 13.2 Å². The number of hydrogen-bond donors (Lipinski definition) is 1. The molecule has 0 radical (unpaired) electrons. The fraction of sp³-hybridized carbons (Fsp3) is 0.286. The number of nitrogens with two attached hydrogens (primary N) is 1. The van der Waals surface area contributed by atoms with Crippen LogP contribution >= 0.6 is 11.3 Å². The van der Waals surface area contributed by atoms with E-state index in [-0.39, 0.29) is 6.04 Å². The lowest BCUT2D eigenvalue weighted by Gasteiger charge is -2.13. The number of halogens is 3. The van der Waals surface area contributed by atoms with Crippen LogP contribution in [0.15, 0.2) is 35.7 Å². The lowest BCUT2D eigenvalue weighted by molar-refractivity contribution is -0.137. The minimum atomic E-state index is -4.33. The molecule has 2 N–H and O–H groups in total. The standard InChI is InChI=1S/C14H14F3NOS/c1-19-12-5-6-20-13(12)11(18)8-9-3-2-4-10(7-9)14(15,16)17/h2-7,11H,8,18H2,1H3. The van der Waals surface area contributed by atoms with Gasteiger partial charge in [0.1, 0.15) is 5.75 Å². The Bertz CT molecular complexity index is 580. The number of ether oxygens (including phenoxy) is 1. The molecule has 0 saturated carbocycles. The fourth-order valence-electron chi connectivity index (χ4n) is 1.97. The van der Waals surface area contributed by atoms with Crippen molar-refractivity contribution in [2.75, 3.05) is 7.11 Å². The zero-order chi connectivity index (χ0) is 14.8. The van der Waals surface area contributed by atoms with E-state index >= 15 is 0 Å². The molecule has 0 amide bonds. The third-order valence-electron chi connectivity index (χ3n) is 2.92. The maximum atomic E-state index is 12.6. The van der Waals surface area contributed by atoms with Gasteiger partial charge in [-0.2, -0.15) is 13.2 Å². The van der Waals surface area contributed by atoms with Crippen molar-refractivity contribution in [2.24, 2.45) is 5.73 Å². The van der Waals surface area contributed by atoms with Gasteiger partial charge in [-0.1, -0.05) is 18.2 Å². The molecule has 0 spiro atoms. The summed E-state index contributed by atoms with van der Waals surface area (Å²) in [4.78, 5) is 0.838. The van der Waals surface area contributed by atoms with E-state index in [9.17, 15) is 13.2 Å². The van der Waals surface area contributed by atoms with Crippen LogP contribution < -0.4 is 10.5 Å². The number of hydrogen-bond acceptors (Lipinski definition) is 3. The first-order valence-electron chi connectivity index (χ1n) is 5.95. The maximum absolute atomic E-state index is 12.6. The van der Waals surface area contributed by atoms with E-state index in [1.807, 2.05) is 5.38 Å². The van der Waals surface area contributed by atoms with E-state index < -0.39 is 11.7 Å². The number of rotatable bonds is 4. The molecule has 1 aromatic carbocycles. The lowest BCUT2D eigenvalue weighted by atomic mass is 10.0. The van der Waals surface area contributed by atoms with Crippen molar-refractivity contribution in [1.29, 1.82) is 0 Å². The first kappa shape index (κ1) is 14.9. The van der Waals surface area contributed by atoms with Crippen molar-refractivity contribution in [2.45, 2.75) is 18.6 Å². The fourth-order valence-corrected chi connectivity index (χ4v) is 2.83. The summed E-state index contributed by atoms with van der Waals surface area (Å²) >= 11 is 1.44. The third-order valence-corrected chi connectivity index (χ3v) is 3.95. The molecular formula is C14H14F3NOS. The van der Waals surface area contributed by atoms with Crippen LogP contribution in [0.2, 0.25) is 0 Å². The van der Waals surface area contributed by atoms with E-state index in [0.29, 0.717) is 17.7 Å². The molecule has 1 unspecified atom stereocenters. The summed E-state index contributed by atoms with van der Waals surface area (Å²) in [6.45, 7) is 0. The third kappa shape index (κ3) is 3.32. The van der Waals surface area contributed by atoms with Gasteiger partial charge in [0.15, 0.2) is 0 Å². The molecule has 1 atom stereocenters. The van der Waals surface area contributed by atoms with E-state index in [0.717, 1.165) is 17.0 Å². The van der Waals surface area contributed by atoms with E-state index in [4.69, 9.17) is 10.5 Å². The second-order valence-corrected chi connectivity index (χ2v) is 5.31. The number of benzene rings is 1. The Hall–Kier alpha value is -1.53. The molecule has 0 bridgehead atoms. The summed E-state index contributed by atoms with van der Waals surface area (Å²) in [7, 11) is 1.54. The second kappa shape index (κ2) is 5.85. The Balaban J connectivity index is 2.18. The van der Waals surface area contributed by atoms with Gasteiger partial charge >= 0.3 is 6.18 Å². The Morgan fingerprint density at radius 3 is 2.70 bits per heavy atom. The van der Waals surface area contributed by atoms with Crippen LogP contribution in [-0.2, 0) is 12.6 Å². The monoisotopic (exact) mass is 301 g/mol. The van der Waals surface area contributed by atoms with Crippen LogP contribution in [-0.4, -0.2) is 7.11 Å². The summed E-state index contributed by atoms with van der Waals surface area (Å²) in [5, 5.41) is 1.85. The molecule has 2 rings (SSSR count). The highest BCUT2D eigenvalue weighted by molar-refractivity contribution is 7.10. The lowest BCUT2D eigenvalue weighted by Crippen LogP contribution is -2.13. The molecule has 1 aromatic heterocycles. The van der Waals surface area contributed by atoms with E-state index in [1.54, 1.807) is 19.2 Å². The predicted molar refractivity (Wildman–Crippen MR) is 72.9 cm³/mol. The first-order valence-corrected chi connectivity index (χ1v) is 6.83. The van der Waals surface area contributed by atoms with Crippen LogP contribution in [0.1, 0.15) is 22.0 Å². The molecule has 0 aliphatic rings. The topological polar surface area (TPSA) is 35.2 Å². The van der Waals surface area contributed by atoms with Gasteiger partial charge in [0.05, 0.1) is 17.6 Å². The van der Waals surface area contributed by atoms with Crippen LogP contribution in [0.3, 0.4) is 0 Å². The highest BCUT2D eigenvalue weighted by Crippen LogP contribution is 2.33. The van der Waals surface area contributed by atoms with Gasteiger partial charge in [0, 0.05) is 6.04 Å². The first-order chi connectivity index (χ1) is 9.41. The summed E-state index contributed by atoms with van der Waals surface area (Å²) in [6.07, 6.45) is -4.00. The molecule has 20 heavy (non-hydrogen) atoms. The van der Waals surface area contributed by atoms with Gasteiger partial charge < -0.3 is 10.5 Å². The smallest absolute Gasteiger partial charge is 0.416 e. The van der Waals surface area contributed by atoms with Crippen molar-refractivity contribution in [3.8, 4) is 5.75 Å². The summed E-state index contributed by atoms with van der Waals surface area (Å²) in [5.74, 6) is 0.675. The molecule has 0 fully saturated rings. The Kier molecular flexibility index (Phi) is 4.35. The van der Waals surface area contributed by atoms with Gasteiger partial charge in [-0.15, -0.1) is 11.3 Å². The van der Waals surface area contributed by atoms with Gasteiger partial charge in [-0.25, -0.2) is 0 Å². The Morgan fingerprint density at radius 2 is 2.05 bits per heavy atom. The van der Waals surface area contributed by atoms with E-state index in [2.05, 4.69) is 0 Å². The molecular weight excluding hydrogens is 287 g/mol. The van der Waals surface area contributed by atoms with Crippen molar-refractivity contribution in [1.82, 2.24) is 0 Å². The van der Waals surface area contributed by atoms with E-state index in [1.165, 1.54) is 17.4 Å². The van der Waals surface area contributed by atoms with Crippen molar-refractivity contribution < 1.29 is 17.9 Å². The molecule has 6 heteroatoms. The molecule has 2 nitrogen and oxygen atoms in total. The summed E-state index contributed by atoms with van der Waals surface area (Å²) in [5.41, 5.74) is 5.96. The maximum Gasteiger partial charge on any atom is 0.416 e. The van der Waals surface area contributed by atoms with Crippen molar-refractivity contribution in [3.05, 3.63) is 51.7 Å². The largest absolute Gasteiger partial charge is 0.496 e. The summed E-state index contributed by atoms with van der Waals surface area (Å²) < 4.78 is 43.1. The normalized spacial score (nSPS) is 13.2. The average molecular weight is 301 g/mol. The Morgan fingerprint density at radius 1 is 1.30 bits per heavy atom. The minimum Gasteiger partial charge on any atom is -0.496 e. The van der Waals surface area contributed by atoms with Gasteiger partial charge in [0.25, 0.3) is 0 Å². The van der Waals surface area contributed by atoms with Crippen LogP contribution in [0, 0.1) is 0 Å². The highest BCUT2D eigenvalue weighted by atomic mass is 32.1. The molecule has 1 heterocycles. The highest BCUT2D eigenvalue weighted by Gasteiger charge is 2.30. The van der Waals surface area contributed by atoms with Crippen LogP contribution in [0.5, 0.6) is 5.75 Å². The Labute approximate surface area is 119 Å². The SMILES string of the molecule is COc1ccsc1C(N)Cc1cccc(C(F)(F)F)c1. The minimum absolute atomic E-state index is 0.334. The van der Waals surface area contributed by atoms with Crippen molar-refractivity contribution >= 4 is 11.3 Å².